The quantitative estimate of drug-likeness (QED) is 0.416. The minimum atomic E-state index is -0.540. The van der Waals surface area contributed by atoms with Gasteiger partial charge >= 0.3 is 0 Å². The number of carbonyl (C=O) groups excluding carboxylic acids is 3. The standard InChI is InChI=1S/C25H31FN4O3S.C2H2/c1-27-14-21(31)29-22(16-6-3-2-4-7-16)25(33)30-13-5-8-20(30)24-28-19(15-34-24)23(32)17-9-11-18(26)12-10-17;1-2/h9-12,15-16,20,22,27H,2-8,13-14H2,1H3,(H,29,31);1-2H. The molecule has 2 heterocycles. The van der Waals surface area contributed by atoms with Crippen LogP contribution in [0.2, 0.25) is 0 Å². The van der Waals surface area contributed by atoms with Gasteiger partial charge in [-0.05, 0) is 62.9 Å². The number of ketones is 1. The van der Waals surface area contributed by atoms with Crippen molar-refractivity contribution in [3.63, 3.8) is 0 Å². The number of hydrogen-bond donors (Lipinski definition) is 2. The van der Waals surface area contributed by atoms with Crippen LogP contribution in [0.3, 0.4) is 0 Å². The summed E-state index contributed by atoms with van der Waals surface area (Å²) >= 11 is 1.37. The topological polar surface area (TPSA) is 91.4 Å². The highest BCUT2D eigenvalue weighted by Crippen LogP contribution is 2.36. The largest absolute Gasteiger partial charge is 0.343 e. The third-order valence-corrected chi connectivity index (χ3v) is 7.67. The number of thiazole rings is 1. The minimum Gasteiger partial charge on any atom is -0.343 e. The number of aromatic nitrogens is 1. The predicted molar refractivity (Wildman–Crippen MR) is 138 cm³/mol. The fourth-order valence-corrected chi connectivity index (χ4v) is 5.94. The monoisotopic (exact) mass is 512 g/mol. The van der Waals surface area contributed by atoms with Crippen molar-refractivity contribution in [3.05, 3.63) is 51.7 Å². The van der Waals surface area contributed by atoms with E-state index in [0.29, 0.717) is 17.8 Å². The molecule has 1 aliphatic carbocycles. The fourth-order valence-electron chi connectivity index (χ4n) is 4.99. The lowest BCUT2D eigenvalue weighted by Gasteiger charge is -2.34. The van der Waals surface area contributed by atoms with Crippen LogP contribution in [0, 0.1) is 24.6 Å². The van der Waals surface area contributed by atoms with Gasteiger partial charge in [0.15, 0.2) is 0 Å². The first kappa shape index (κ1) is 27.5. The van der Waals surface area contributed by atoms with Crippen molar-refractivity contribution in [2.24, 2.45) is 5.92 Å². The number of halogens is 1. The van der Waals surface area contributed by atoms with Gasteiger partial charge in [-0.3, -0.25) is 14.4 Å². The van der Waals surface area contributed by atoms with Crippen molar-refractivity contribution in [1.29, 1.82) is 0 Å². The second kappa shape index (κ2) is 13.3. The Labute approximate surface area is 215 Å². The van der Waals surface area contributed by atoms with Crippen LogP contribution in [-0.4, -0.2) is 53.7 Å². The molecule has 2 N–H and O–H groups in total. The van der Waals surface area contributed by atoms with Gasteiger partial charge in [0, 0.05) is 17.5 Å². The number of likely N-dealkylation sites (tertiary alicyclic amines) is 1. The average molecular weight is 513 g/mol. The normalized spacial score (nSPS) is 18.7. The molecule has 1 saturated heterocycles. The van der Waals surface area contributed by atoms with E-state index < -0.39 is 11.9 Å². The summed E-state index contributed by atoms with van der Waals surface area (Å²) < 4.78 is 13.2. The molecule has 2 aliphatic rings. The Balaban J connectivity index is 0.00000176. The van der Waals surface area contributed by atoms with Gasteiger partial charge in [0.2, 0.25) is 17.6 Å². The highest BCUT2D eigenvalue weighted by Gasteiger charge is 2.39. The van der Waals surface area contributed by atoms with Crippen LogP contribution in [0.1, 0.15) is 72.0 Å². The van der Waals surface area contributed by atoms with Crippen molar-refractivity contribution in [3.8, 4) is 12.8 Å². The van der Waals surface area contributed by atoms with Gasteiger partial charge in [0.25, 0.3) is 0 Å². The van der Waals surface area contributed by atoms with Crippen LogP contribution in [0.5, 0.6) is 0 Å². The lowest BCUT2D eigenvalue weighted by Crippen LogP contribution is -2.53. The maximum Gasteiger partial charge on any atom is 0.246 e. The molecule has 1 aliphatic heterocycles. The summed E-state index contributed by atoms with van der Waals surface area (Å²) in [5.41, 5.74) is 0.680. The summed E-state index contributed by atoms with van der Waals surface area (Å²) in [5, 5.41) is 8.27. The lowest BCUT2D eigenvalue weighted by atomic mass is 9.83. The predicted octanol–water partition coefficient (Wildman–Crippen LogP) is 3.71. The number of nitrogens with zero attached hydrogens (tertiary/aromatic N) is 2. The van der Waals surface area contributed by atoms with Crippen LogP contribution < -0.4 is 10.6 Å². The molecule has 1 aromatic carbocycles. The average Bonchev–Trinajstić information content (AvgIpc) is 3.59. The molecule has 36 heavy (non-hydrogen) atoms. The maximum atomic E-state index is 13.7. The van der Waals surface area contributed by atoms with E-state index >= 15 is 0 Å². The zero-order chi connectivity index (χ0) is 26.1. The molecule has 2 fully saturated rings. The van der Waals surface area contributed by atoms with E-state index in [2.05, 4.69) is 28.5 Å². The number of carbonyl (C=O) groups is 3. The fraction of sp³-hybridized carbons (Fsp3) is 0.481. The summed E-state index contributed by atoms with van der Waals surface area (Å²) in [6, 6.07) is 4.66. The molecule has 1 aromatic heterocycles. The van der Waals surface area contributed by atoms with E-state index in [-0.39, 0.29) is 36.1 Å². The van der Waals surface area contributed by atoms with Gasteiger partial charge in [-0.15, -0.1) is 24.2 Å². The third-order valence-electron chi connectivity index (χ3n) is 6.72. The van der Waals surface area contributed by atoms with E-state index in [1.54, 1.807) is 12.4 Å². The molecule has 2 unspecified atom stereocenters. The van der Waals surface area contributed by atoms with Crippen LogP contribution in [0.15, 0.2) is 29.6 Å². The second-order valence-corrected chi connectivity index (χ2v) is 9.96. The van der Waals surface area contributed by atoms with Gasteiger partial charge < -0.3 is 15.5 Å². The molecule has 2 atom stereocenters. The van der Waals surface area contributed by atoms with Crippen molar-refractivity contribution in [2.75, 3.05) is 20.1 Å². The third kappa shape index (κ3) is 6.56. The Morgan fingerprint density at radius 3 is 2.47 bits per heavy atom. The highest BCUT2D eigenvalue weighted by atomic mass is 32.1. The highest BCUT2D eigenvalue weighted by molar-refractivity contribution is 7.10. The van der Waals surface area contributed by atoms with Gasteiger partial charge in [-0.2, -0.15) is 0 Å². The summed E-state index contributed by atoms with van der Waals surface area (Å²) in [7, 11) is 1.71. The Hall–Kier alpha value is -3.09. The molecule has 7 nitrogen and oxygen atoms in total. The van der Waals surface area contributed by atoms with Crippen molar-refractivity contribution in [1.82, 2.24) is 20.5 Å². The number of hydrogen-bond acceptors (Lipinski definition) is 6. The zero-order valence-corrected chi connectivity index (χ0v) is 21.4. The molecule has 2 amide bonds. The van der Waals surface area contributed by atoms with Crippen molar-refractivity contribution < 1.29 is 18.8 Å². The molecule has 4 rings (SSSR count). The lowest BCUT2D eigenvalue weighted by molar-refractivity contribution is -0.139. The molecule has 2 aromatic rings. The number of benzene rings is 1. The van der Waals surface area contributed by atoms with Gasteiger partial charge in [0.05, 0.1) is 12.6 Å². The minimum absolute atomic E-state index is 0.0551. The number of nitrogens with one attached hydrogen (secondary N) is 2. The first-order valence-corrected chi connectivity index (χ1v) is 13.2. The van der Waals surface area contributed by atoms with E-state index in [4.69, 9.17) is 0 Å². The molecule has 0 radical (unpaired) electrons. The Kier molecular flexibility index (Phi) is 10.1. The molecule has 192 valence electrons. The summed E-state index contributed by atoms with van der Waals surface area (Å²) in [4.78, 5) is 45.3. The summed E-state index contributed by atoms with van der Waals surface area (Å²) in [6.45, 7) is 0.775. The Bertz CT molecular complexity index is 1060. The Morgan fingerprint density at radius 1 is 1.11 bits per heavy atom. The first-order valence-electron chi connectivity index (χ1n) is 12.3. The summed E-state index contributed by atoms with van der Waals surface area (Å²) in [6.07, 6.45) is 14.8. The molecular formula is C27H33FN4O3S. The first-order chi connectivity index (χ1) is 17.5. The molecular weight excluding hydrogens is 479 g/mol. The van der Waals surface area contributed by atoms with E-state index in [0.717, 1.165) is 50.0 Å². The SMILES string of the molecule is C#C.CNCC(=O)NC(C(=O)N1CCCC1c1nc(C(=O)c2ccc(F)cc2)cs1)C1CCCCC1. The summed E-state index contributed by atoms with van der Waals surface area (Å²) in [5.74, 6) is -0.762. The second-order valence-electron chi connectivity index (χ2n) is 9.07. The number of rotatable bonds is 8. The van der Waals surface area contributed by atoms with Crippen LogP contribution >= 0.6 is 11.3 Å². The van der Waals surface area contributed by atoms with E-state index in [9.17, 15) is 18.8 Å². The van der Waals surface area contributed by atoms with Gasteiger partial charge in [0.1, 0.15) is 22.6 Å². The van der Waals surface area contributed by atoms with E-state index in [1.807, 2.05) is 4.90 Å². The number of terminal acetylenes is 1. The maximum absolute atomic E-state index is 13.7. The van der Waals surface area contributed by atoms with Crippen LogP contribution in [0.25, 0.3) is 0 Å². The smallest absolute Gasteiger partial charge is 0.246 e. The van der Waals surface area contributed by atoms with Gasteiger partial charge in [-0.25, -0.2) is 9.37 Å². The van der Waals surface area contributed by atoms with Crippen molar-refractivity contribution in [2.45, 2.75) is 57.0 Å². The molecule has 9 heteroatoms. The Morgan fingerprint density at radius 2 is 1.81 bits per heavy atom. The van der Waals surface area contributed by atoms with Gasteiger partial charge in [-0.1, -0.05) is 19.3 Å². The number of amides is 2. The molecule has 1 saturated carbocycles. The molecule has 0 bridgehead atoms. The number of likely N-dealkylation sites (N-methyl/N-ethyl adjacent to an activating group) is 1. The van der Waals surface area contributed by atoms with E-state index in [1.165, 1.54) is 35.6 Å². The van der Waals surface area contributed by atoms with Crippen molar-refractivity contribution >= 4 is 28.9 Å². The zero-order valence-electron chi connectivity index (χ0n) is 20.5. The van der Waals surface area contributed by atoms with Crippen LogP contribution in [-0.2, 0) is 9.59 Å². The van der Waals surface area contributed by atoms with Crippen LogP contribution in [0.4, 0.5) is 4.39 Å². The molecule has 0 spiro atoms.